The van der Waals surface area contributed by atoms with Gasteiger partial charge in [-0.15, -0.1) is 0 Å². The molecule has 0 bridgehead atoms. The average Bonchev–Trinajstić information content (AvgIpc) is 2.72. The van der Waals surface area contributed by atoms with Crippen molar-refractivity contribution in [2.24, 2.45) is 0 Å². The summed E-state index contributed by atoms with van der Waals surface area (Å²) in [5.41, 5.74) is -0.113. The van der Waals surface area contributed by atoms with E-state index in [4.69, 9.17) is 9.15 Å². The van der Waals surface area contributed by atoms with Gasteiger partial charge in [0.2, 0.25) is 11.2 Å². The summed E-state index contributed by atoms with van der Waals surface area (Å²) in [6.45, 7) is 2.15. The Morgan fingerprint density at radius 3 is 2.43 bits per heavy atom. The summed E-state index contributed by atoms with van der Waals surface area (Å²) < 4.78 is 11.2. The molecule has 6 nitrogen and oxygen atoms in total. The Morgan fingerprint density at radius 2 is 1.70 bits per heavy atom. The Bertz CT molecular complexity index is 1070. The first-order valence-corrected chi connectivity index (χ1v) is 10.3. The molecule has 0 atom stereocenters. The van der Waals surface area contributed by atoms with Crippen LogP contribution >= 0.6 is 0 Å². The highest BCUT2D eigenvalue weighted by Crippen LogP contribution is 2.35. The number of carbonyl (C=O) groups is 1. The molecule has 158 valence electrons. The van der Waals surface area contributed by atoms with Crippen molar-refractivity contribution < 1.29 is 24.2 Å². The highest BCUT2D eigenvalue weighted by Gasteiger charge is 2.22. The second-order valence-corrected chi connectivity index (χ2v) is 7.29. The number of phenols is 2. The smallest absolute Gasteiger partial charge is 0.311 e. The number of unbranched alkanes of at least 4 members (excludes halogenated alkanes) is 5. The number of hydrogen-bond acceptors (Lipinski definition) is 6. The van der Waals surface area contributed by atoms with Crippen LogP contribution in [0.15, 0.2) is 51.7 Å². The maximum Gasteiger partial charge on any atom is 0.311 e. The Labute approximate surface area is 174 Å². The van der Waals surface area contributed by atoms with Gasteiger partial charge < -0.3 is 19.4 Å². The zero-order valence-electron chi connectivity index (χ0n) is 17.0. The zero-order chi connectivity index (χ0) is 21.5. The molecule has 0 spiro atoms. The molecule has 2 N–H and O–H groups in total. The number of aromatic hydroxyl groups is 2. The van der Waals surface area contributed by atoms with Gasteiger partial charge in [-0.25, -0.2) is 0 Å². The average molecular weight is 410 g/mol. The predicted molar refractivity (Wildman–Crippen MR) is 115 cm³/mol. The van der Waals surface area contributed by atoms with Crippen LogP contribution in [0.1, 0.15) is 51.9 Å². The number of rotatable bonds is 9. The SMILES string of the molecule is CCCCCCCCC(=O)Oc1c(-c2ccccc2)oc2cc(O)cc(O)c2c1=O. The van der Waals surface area contributed by atoms with Crippen LogP contribution in [0, 0.1) is 0 Å². The van der Waals surface area contributed by atoms with Crippen molar-refractivity contribution in [1.82, 2.24) is 0 Å². The number of esters is 1. The van der Waals surface area contributed by atoms with Crippen molar-refractivity contribution >= 4 is 16.9 Å². The number of carbonyl (C=O) groups excluding carboxylic acids is 1. The molecule has 0 saturated carbocycles. The lowest BCUT2D eigenvalue weighted by Gasteiger charge is -2.11. The third-order valence-electron chi connectivity index (χ3n) is 4.90. The molecular weight excluding hydrogens is 384 g/mol. The summed E-state index contributed by atoms with van der Waals surface area (Å²) in [6.07, 6.45) is 6.35. The summed E-state index contributed by atoms with van der Waals surface area (Å²) in [7, 11) is 0. The van der Waals surface area contributed by atoms with Crippen molar-refractivity contribution in [1.29, 1.82) is 0 Å². The van der Waals surface area contributed by atoms with Gasteiger partial charge in [-0.05, 0) is 6.42 Å². The molecule has 1 aromatic heterocycles. The Morgan fingerprint density at radius 1 is 1.00 bits per heavy atom. The van der Waals surface area contributed by atoms with E-state index >= 15 is 0 Å². The van der Waals surface area contributed by atoms with Crippen LogP contribution < -0.4 is 10.2 Å². The lowest BCUT2D eigenvalue weighted by atomic mass is 10.1. The molecule has 0 aliphatic carbocycles. The Kier molecular flexibility index (Phi) is 7.12. The van der Waals surface area contributed by atoms with Gasteiger partial charge in [0.15, 0.2) is 5.76 Å². The Balaban J connectivity index is 1.91. The molecule has 3 aromatic rings. The normalized spacial score (nSPS) is 11.0. The van der Waals surface area contributed by atoms with Gasteiger partial charge in [0, 0.05) is 24.1 Å². The highest BCUT2D eigenvalue weighted by molar-refractivity contribution is 5.89. The van der Waals surface area contributed by atoms with Gasteiger partial charge >= 0.3 is 5.97 Å². The minimum atomic E-state index is -0.663. The third kappa shape index (κ3) is 5.00. The monoisotopic (exact) mass is 410 g/mol. The Hall–Kier alpha value is -3.28. The topological polar surface area (TPSA) is 97.0 Å². The fraction of sp³-hybridized carbons (Fsp3) is 0.333. The van der Waals surface area contributed by atoms with Crippen molar-refractivity contribution in [2.45, 2.75) is 51.9 Å². The largest absolute Gasteiger partial charge is 0.508 e. The summed E-state index contributed by atoms with van der Waals surface area (Å²) >= 11 is 0. The summed E-state index contributed by atoms with van der Waals surface area (Å²) in [6, 6.07) is 11.1. The number of hydrogen-bond donors (Lipinski definition) is 2. The quantitative estimate of drug-likeness (QED) is 0.356. The van der Waals surface area contributed by atoms with Crippen LogP contribution in [0.3, 0.4) is 0 Å². The molecule has 3 rings (SSSR count). The molecule has 30 heavy (non-hydrogen) atoms. The van der Waals surface area contributed by atoms with Crippen LogP contribution in [-0.2, 0) is 4.79 Å². The van der Waals surface area contributed by atoms with E-state index < -0.39 is 17.1 Å². The van der Waals surface area contributed by atoms with Gasteiger partial charge in [-0.2, -0.15) is 0 Å². The van der Waals surface area contributed by atoms with E-state index in [1.165, 1.54) is 12.5 Å². The lowest BCUT2D eigenvalue weighted by Crippen LogP contribution is -2.16. The zero-order valence-corrected chi connectivity index (χ0v) is 17.0. The van der Waals surface area contributed by atoms with Gasteiger partial charge in [0.05, 0.1) is 0 Å². The molecular formula is C24H26O6. The summed E-state index contributed by atoms with van der Waals surface area (Å²) in [4.78, 5) is 25.5. The van der Waals surface area contributed by atoms with Crippen LogP contribution in [0.25, 0.3) is 22.3 Å². The first-order valence-electron chi connectivity index (χ1n) is 10.3. The second-order valence-electron chi connectivity index (χ2n) is 7.29. The first kappa shape index (κ1) is 21.4. The van der Waals surface area contributed by atoms with E-state index in [0.717, 1.165) is 31.7 Å². The van der Waals surface area contributed by atoms with Gasteiger partial charge in [0.1, 0.15) is 22.5 Å². The minimum Gasteiger partial charge on any atom is -0.508 e. The van der Waals surface area contributed by atoms with Gasteiger partial charge in [-0.3, -0.25) is 9.59 Å². The summed E-state index contributed by atoms with van der Waals surface area (Å²) in [5.74, 6) is -1.38. The van der Waals surface area contributed by atoms with Crippen molar-refractivity contribution in [3.63, 3.8) is 0 Å². The molecule has 0 amide bonds. The molecule has 0 aliphatic rings. The predicted octanol–water partition coefficient (Wildman–Crippen LogP) is 5.53. The lowest BCUT2D eigenvalue weighted by molar-refractivity contribution is -0.134. The number of benzene rings is 2. The van der Waals surface area contributed by atoms with E-state index in [2.05, 4.69) is 6.92 Å². The molecule has 0 radical (unpaired) electrons. The molecule has 0 fully saturated rings. The van der Waals surface area contributed by atoms with E-state index in [9.17, 15) is 19.8 Å². The maximum atomic E-state index is 13.1. The van der Waals surface area contributed by atoms with Gasteiger partial charge in [0.25, 0.3) is 0 Å². The van der Waals surface area contributed by atoms with Crippen molar-refractivity contribution in [3.05, 3.63) is 52.7 Å². The standard InChI is InChI=1S/C24H26O6/c1-2-3-4-5-6-10-13-20(27)30-24-22(28)21-18(26)14-17(25)15-19(21)29-23(24)16-11-8-7-9-12-16/h7-9,11-12,14-15,25-26H,2-6,10,13H2,1H3. The molecule has 0 saturated heterocycles. The third-order valence-corrected chi connectivity index (χ3v) is 4.90. The van der Waals surface area contributed by atoms with Crippen molar-refractivity contribution in [2.75, 3.05) is 0 Å². The first-order chi connectivity index (χ1) is 14.5. The molecule has 0 unspecified atom stereocenters. The van der Waals surface area contributed by atoms with E-state index in [1.807, 2.05) is 6.07 Å². The van der Waals surface area contributed by atoms with Crippen LogP contribution in [0.4, 0.5) is 0 Å². The molecule has 0 aliphatic heterocycles. The van der Waals surface area contributed by atoms with E-state index in [-0.39, 0.29) is 34.6 Å². The molecule has 6 heteroatoms. The number of phenolic OH excluding ortho intramolecular Hbond substituents is 2. The minimum absolute atomic E-state index is 0.00655. The van der Waals surface area contributed by atoms with Crippen LogP contribution in [0.5, 0.6) is 17.2 Å². The number of ether oxygens (including phenoxy) is 1. The van der Waals surface area contributed by atoms with E-state index in [1.54, 1.807) is 24.3 Å². The van der Waals surface area contributed by atoms with Gasteiger partial charge in [-0.1, -0.05) is 69.4 Å². The van der Waals surface area contributed by atoms with Crippen LogP contribution in [-0.4, -0.2) is 16.2 Å². The van der Waals surface area contributed by atoms with Crippen LogP contribution in [0.2, 0.25) is 0 Å². The fourth-order valence-electron chi connectivity index (χ4n) is 3.36. The summed E-state index contributed by atoms with van der Waals surface area (Å²) in [5, 5.41) is 19.7. The fourth-order valence-corrected chi connectivity index (χ4v) is 3.36. The molecule has 2 aromatic carbocycles. The maximum absolute atomic E-state index is 13.1. The number of fused-ring (bicyclic) bond motifs is 1. The second kappa shape index (κ2) is 9.96. The highest BCUT2D eigenvalue weighted by atomic mass is 16.5. The van der Waals surface area contributed by atoms with E-state index in [0.29, 0.717) is 12.0 Å². The molecule has 1 heterocycles. The van der Waals surface area contributed by atoms with Crippen molar-refractivity contribution in [3.8, 4) is 28.6 Å².